The van der Waals surface area contributed by atoms with E-state index >= 15 is 0 Å². The van der Waals surface area contributed by atoms with Crippen LogP contribution in [0, 0.1) is 11.6 Å². The quantitative estimate of drug-likeness (QED) is 0.378. The highest BCUT2D eigenvalue weighted by atomic mass is 32.2. The summed E-state index contributed by atoms with van der Waals surface area (Å²) >= 11 is 0. The summed E-state index contributed by atoms with van der Waals surface area (Å²) in [6.07, 6.45) is 6.63. The molecular formula is C24H17F2N3O2S. The van der Waals surface area contributed by atoms with Crippen molar-refractivity contribution in [3.8, 4) is 22.3 Å². The van der Waals surface area contributed by atoms with Gasteiger partial charge in [0.05, 0.1) is 4.90 Å². The van der Waals surface area contributed by atoms with Crippen LogP contribution in [0.3, 0.4) is 0 Å². The lowest BCUT2D eigenvalue weighted by Gasteiger charge is -2.08. The van der Waals surface area contributed by atoms with E-state index in [0.717, 1.165) is 15.6 Å². The van der Waals surface area contributed by atoms with E-state index in [4.69, 9.17) is 0 Å². The second kappa shape index (κ2) is 7.42. The molecule has 0 atom stereocenters. The summed E-state index contributed by atoms with van der Waals surface area (Å²) in [5, 5.41) is 0.539. The standard InChI is InChI=1S/C24H17F2N3O2S/c1-28-10-9-16(14-28)22-15-29(32(30,31)19-5-3-2-4-6-19)24-21(22)11-17(13-27-24)20-8-7-18(25)12-23(20)26/h2-15H,1H3. The molecule has 0 spiro atoms. The third kappa shape index (κ3) is 3.29. The monoisotopic (exact) mass is 449 g/mol. The first-order valence-electron chi connectivity index (χ1n) is 9.74. The minimum absolute atomic E-state index is 0.131. The Bertz CT molecular complexity index is 1570. The van der Waals surface area contributed by atoms with Crippen LogP contribution >= 0.6 is 0 Å². The van der Waals surface area contributed by atoms with Gasteiger partial charge in [-0.25, -0.2) is 26.2 Å². The van der Waals surface area contributed by atoms with Gasteiger partial charge in [-0.15, -0.1) is 0 Å². The van der Waals surface area contributed by atoms with Crippen molar-refractivity contribution in [2.75, 3.05) is 0 Å². The van der Waals surface area contributed by atoms with E-state index in [1.165, 1.54) is 36.7 Å². The van der Waals surface area contributed by atoms with Crippen molar-refractivity contribution in [2.24, 2.45) is 7.05 Å². The van der Waals surface area contributed by atoms with E-state index in [1.807, 2.05) is 30.1 Å². The number of hydrogen-bond acceptors (Lipinski definition) is 3. The molecule has 0 bridgehead atoms. The molecule has 5 rings (SSSR count). The van der Waals surface area contributed by atoms with Gasteiger partial charge in [0.25, 0.3) is 10.0 Å². The maximum atomic E-state index is 14.4. The average molecular weight is 449 g/mol. The Kier molecular flexibility index (Phi) is 4.67. The van der Waals surface area contributed by atoms with Crippen LogP contribution in [0.2, 0.25) is 0 Å². The Morgan fingerprint density at radius 2 is 1.66 bits per heavy atom. The molecule has 5 nitrogen and oxygen atoms in total. The lowest BCUT2D eigenvalue weighted by molar-refractivity contribution is 0.585. The Labute approximate surface area is 183 Å². The molecule has 0 aliphatic rings. The number of aromatic nitrogens is 3. The molecule has 0 aliphatic heterocycles. The Balaban J connectivity index is 1.78. The number of pyridine rings is 1. The molecule has 0 N–H and O–H groups in total. The fraction of sp³-hybridized carbons (Fsp3) is 0.0417. The van der Waals surface area contributed by atoms with Crippen molar-refractivity contribution in [1.29, 1.82) is 0 Å². The van der Waals surface area contributed by atoms with Crippen LogP contribution in [0.5, 0.6) is 0 Å². The van der Waals surface area contributed by atoms with Crippen LogP contribution in [0.4, 0.5) is 8.78 Å². The summed E-state index contributed by atoms with van der Waals surface area (Å²) < 4.78 is 57.5. The Hall–Kier alpha value is -3.78. The molecule has 0 unspecified atom stereocenters. The van der Waals surface area contributed by atoms with Crippen molar-refractivity contribution in [1.82, 2.24) is 13.5 Å². The summed E-state index contributed by atoms with van der Waals surface area (Å²) in [5.74, 6) is -1.39. The summed E-state index contributed by atoms with van der Waals surface area (Å²) in [7, 11) is -2.05. The maximum Gasteiger partial charge on any atom is 0.269 e. The number of benzene rings is 2. The molecule has 8 heteroatoms. The van der Waals surface area contributed by atoms with Crippen molar-refractivity contribution >= 4 is 21.1 Å². The number of nitrogens with zero attached hydrogens (tertiary/aromatic N) is 3. The van der Waals surface area contributed by atoms with Crippen LogP contribution in [-0.4, -0.2) is 21.9 Å². The molecule has 2 aromatic carbocycles. The molecule has 32 heavy (non-hydrogen) atoms. The van der Waals surface area contributed by atoms with Gasteiger partial charge in [0.1, 0.15) is 11.6 Å². The molecule has 0 radical (unpaired) electrons. The summed E-state index contributed by atoms with van der Waals surface area (Å²) in [5.41, 5.74) is 2.24. The molecule has 0 amide bonds. The van der Waals surface area contributed by atoms with E-state index in [-0.39, 0.29) is 16.1 Å². The minimum atomic E-state index is -3.91. The second-order valence-corrected chi connectivity index (χ2v) is 9.26. The molecule has 0 fully saturated rings. The van der Waals surface area contributed by atoms with E-state index in [0.29, 0.717) is 16.5 Å². The van der Waals surface area contributed by atoms with Gasteiger partial charge in [-0.2, -0.15) is 0 Å². The highest BCUT2D eigenvalue weighted by Crippen LogP contribution is 2.35. The third-order valence-electron chi connectivity index (χ3n) is 5.30. The van der Waals surface area contributed by atoms with Crippen LogP contribution in [0.25, 0.3) is 33.3 Å². The van der Waals surface area contributed by atoms with Crippen LogP contribution in [0.15, 0.2) is 90.3 Å². The second-order valence-electron chi connectivity index (χ2n) is 7.44. The molecule has 160 valence electrons. The number of rotatable bonds is 4. The van der Waals surface area contributed by atoms with Crippen molar-refractivity contribution in [2.45, 2.75) is 4.90 Å². The molecule has 3 aromatic heterocycles. The first-order chi connectivity index (χ1) is 15.3. The van der Waals surface area contributed by atoms with E-state index < -0.39 is 21.7 Å². The maximum absolute atomic E-state index is 14.4. The number of fused-ring (bicyclic) bond motifs is 1. The minimum Gasteiger partial charge on any atom is -0.357 e. The van der Waals surface area contributed by atoms with Crippen molar-refractivity contribution in [3.63, 3.8) is 0 Å². The largest absolute Gasteiger partial charge is 0.357 e. The fourth-order valence-electron chi connectivity index (χ4n) is 3.73. The number of hydrogen-bond donors (Lipinski definition) is 0. The van der Waals surface area contributed by atoms with Gasteiger partial charge in [0.2, 0.25) is 0 Å². The highest BCUT2D eigenvalue weighted by molar-refractivity contribution is 7.90. The fourth-order valence-corrected chi connectivity index (χ4v) is 5.08. The zero-order valence-electron chi connectivity index (χ0n) is 16.9. The molecule has 0 aliphatic carbocycles. The smallest absolute Gasteiger partial charge is 0.269 e. The van der Waals surface area contributed by atoms with E-state index in [1.54, 1.807) is 24.3 Å². The van der Waals surface area contributed by atoms with Gasteiger partial charge in [0, 0.05) is 65.5 Å². The number of halogens is 2. The Morgan fingerprint density at radius 3 is 2.34 bits per heavy atom. The zero-order chi connectivity index (χ0) is 22.5. The summed E-state index contributed by atoms with van der Waals surface area (Å²) in [4.78, 5) is 4.51. The van der Waals surface area contributed by atoms with Gasteiger partial charge in [-0.3, -0.25) is 0 Å². The normalized spacial score (nSPS) is 11.8. The van der Waals surface area contributed by atoms with Crippen molar-refractivity contribution < 1.29 is 17.2 Å². The molecule has 3 heterocycles. The van der Waals surface area contributed by atoms with Gasteiger partial charge in [-0.05, 0) is 36.4 Å². The number of aryl methyl sites for hydroxylation is 1. The van der Waals surface area contributed by atoms with Crippen molar-refractivity contribution in [3.05, 3.63) is 97.1 Å². The van der Waals surface area contributed by atoms with Gasteiger partial charge in [0.15, 0.2) is 5.65 Å². The topological polar surface area (TPSA) is 56.9 Å². The third-order valence-corrected chi connectivity index (χ3v) is 6.96. The molecule has 0 saturated carbocycles. The van der Waals surface area contributed by atoms with Crippen LogP contribution in [-0.2, 0) is 17.1 Å². The molecule has 5 aromatic rings. The lowest BCUT2D eigenvalue weighted by Crippen LogP contribution is -2.12. The average Bonchev–Trinajstić information content (AvgIpc) is 3.38. The summed E-state index contributed by atoms with van der Waals surface area (Å²) in [6.45, 7) is 0. The highest BCUT2D eigenvalue weighted by Gasteiger charge is 2.23. The zero-order valence-corrected chi connectivity index (χ0v) is 17.7. The van der Waals surface area contributed by atoms with E-state index in [2.05, 4.69) is 4.98 Å². The SMILES string of the molecule is Cn1ccc(-c2cn(S(=O)(=O)c3ccccc3)c3ncc(-c4ccc(F)cc4F)cc23)c1. The van der Waals surface area contributed by atoms with Gasteiger partial charge in [-0.1, -0.05) is 18.2 Å². The lowest BCUT2D eigenvalue weighted by atomic mass is 10.0. The predicted molar refractivity (Wildman–Crippen MR) is 119 cm³/mol. The van der Waals surface area contributed by atoms with Gasteiger partial charge >= 0.3 is 0 Å². The first kappa shape index (κ1) is 20.1. The predicted octanol–water partition coefficient (Wildman–Crippen LogP) is 5.22. The van der Waals surface area contributed by atoms with E-state index in [9.17, 15) is 17.2 Å². The van der Waals surface area contributed by atoms with Crippen LogP contribution in [0.1, 0.15) is 0 Å². The first-order valence-corrected chi connectivity index (χ1v) is 11.2. The summed E-state index contributed by atoms with van der Waals surface area (Å²) in [6, 6.07) is 14.9. The molecular weight excluding hydrogens is 432 g/mol. The Morgan fingerprint density at radius 1 is 0.875 bits per heavy atom. The molecule has 0 saturated heterocycles. The van der Waals surface area contributed by atoms with Crippen LogP contribution < -0.4 is 0 Å². The van der Waals surface area contributed by atoms with Gasteiger partial charge < -0.3 is 4.57 Å².